The van der Waals surface area contributed by atoms with Crippen LogP contribution in [-0.4, -0.2) is 11.9 Å². The van der Waals surface area contributed by atoms with Crippen molar-refractivity contribution in [3.05, 3.63) is 0 Å². The fraction of sp³-hybridized carbons (Fsp3) is 0.875. The first kappa shape index (κ1) is 25.4. The van der Waals surface area contributed by atoms with Gasteiger partial charge in [-0.15, -0.1) is 0 Å². The molecule has 129 valence electrons. The molecular formula is C16H30CuO4. The molecule has 4 nitrogen and oxygen atoms in total. The molecule has 0 saturated heterocycles. The number of carbonyl (C=O) groups is 2. The molecule has 5 heteroatoms. The van der Waals surface area contributed by atoms with E-state index in [1.165, 1.54) is 0 Å². The zero-order chi connectivity index (χ0) is 16.0. The molecule has 0 aliphatic heterocycles. The molecule has 0 saturated carbocycles. The molecule has 0 aromatic rings. The topological polar surface area (TPSA) is 80.3 Å². The van der Waals surface area contributed by atoms with Gasteiger partial charge in [-0.25, -0.2) is 0 Å². The molecule has 0 unspecified atom stereocenters. The van der Waals surface area contributed by atoms with E-state index in [2.05, 4.69) is 0 Å². The Morgan fingerprint density at radius 3 is 0.952 bits per heavy atom. The van der Waals surface area contributed by atoms with Gasteiger partial charge in [-0.2, -0.15) is 0 Å². The third-order valence-corrected chi connectivity index (χ3v) is 3.22. The second-order valence-corrected chi connectivity index (χ2v) is 5.19. The van der Waals surface area contributed by atoms with E-state index in [0.29, 0.717) is 0 Å². The summed E-state index contributed by atoms with van der Waals surface area (Å²) in [6, 6.07) is 0. The minimum absolute atomic E-state index is 0. The van der Waals surface area contributed by atoms with Crippen molar-refractivity contribution in [2.45, 2.75) is 79.1 Å². The molecule has 0 aromatic heterocycles. The summed E-state index contributed by atoms with van der Waals surface area (Å²) in [6.07, 6.45) is 6.76. The number of hydrogen-bond acceptors (Lipinski definition) is 4. The number of hydrogen-bond donors (Lipinski definition) is 0. The van der Waals surface area contributed by atoms with Gasteiger partial charge in [-0.05, 0) is 37.5 Å². The van der Waals surface area contributed by atoms with E-state index in [1.807, 2.05) is 27.7 Å². The molecular weight excluding hydrogens is 320 g/mol. The van der Waals surface area contributed by atoms with Gasteiger partial charge in [0.2, 0.25) is 0 Å². The third kappa shape index (κ3) is 15.7. The van der Waals surface area contributed by atoms with Crippen LogP contribution in [0, 0.1) is 11.8 Å². The summed E-state index contributed by atoms with van der Waals surface area (Å²) >= 11 is 0. The minimum atomic E-state index is -0.885. The molecule has 0 aromatic carbocycles. The number of carboxylic acid groups (broad SMARTS) is 2. The van der Waals surface area contributed by atoms with E-state index >= 15 is 0 Å². The zero-order valence-corrected chi connectivity index (χ0v) is 14.7. The summed E-state index contributed by atoms with van der Waals surface area (Å²) in [5.41, 5.74) is 0. The third-order valence-electron chi connectivity index (χ3n) is 3.22. The molecule has 0 heterocycles. The van der Waals surface area contributed by atoms with Gasteiger partial charge >= 0.3 is 17.1 Å². The Kier molecular flexibility index (Phi) is 21.2. The van der Waals surface area contributed by atoms with Crippen molar-refractivity contribution in [1.29, 1.82) is 0 Å². The normalized spacial score (nSPS) is 9.81. The Labute approximate surface area is 140 Å². The van der Waals surface area contributed by atoms with Gasteiger partial charge in [0, 0.05) is 11.9 Å². The standard InChI is InChI=1S/2C8H16O2.Cu/c2*1-3-5-7(6-4-2)8(9)10;/h2*7H,3-6H2,1-2H3,(H,9,10);/q;;+2/p-2. The molecule has 0 aliphatic carbocycles. The van der Waals surface area contributed by atoms with E-state index in [1.54, 1.807) is 0 Å². The van der Waals surface area contributed by atoms with Gasteiger partial charge in [0.1, 0.15) is 0 Å². The van der Waals surface area contributed by atoms with E-state index in [4.69, 9.17) is 0 Å². The maximum Gasteiger partial charge on any atom is 2.00 e. The van der Waals surface area contributed by atoms with Crippen molar-refractivity contribution in [1.82, 2.24) is 0 Å². The molecule has 1 radical (unpaired) electrons. The number of carbonyl (C=O) groups excluding carboxylic acids is 2. The van der Waals surface area contributed by atoms with Crippen LogP contribution in [-0.2, 0) is 26.7 Å². The average Bonchev–Trinajstić information content (AvgIpc) is 2.38. The van der Waals surface area contributed by atoms with Crippen LogP contribution in [0.3, 0.4) is 0 Å². The predicted molar refractivity (Wildman–Crippen MR) is 76.6 cm³/mol. The molecule has 0 amide bonds. The van der Waals surface area contributed by atoms with Crippen LogP contribution in [0.1, 0.15) is 79.1 Å². The Morgan fingerprint density at radius 1 is 0.667 bits per heavy atom. The summed E-state index contributed by atoms with van der Waals surface area (Å²) < 4.78 is 0. The van der Waals surface area contributed by atoms with Gasteiger partial charge in [-0.3, -0.25) is 0 Å². The van der Waals surface area contributed by atoms with Crippen LogP contribution in [0.4, 0.5) is 0 Å². The zero-order valence-electron chi connectivity index (χ0n) is 13.7. The Bertz CT molecular complexity index is 219. The summed E-state index contributed by atoms with van der Waals surface area (Å²) in [7, 11) is 0. The van der Waals surface area contributed by atoms with E-state index in [9.17, 15) is 19.8 Å². The fourth-order valence-corrected chi connectivity index (χ4v) is 2.15. The van der Waals surface area contributed by atoms with Crippen molar-refractivity contribution >= 4 is 11.9 Å². The first-order chi connectivity index (χ1) is 9.44. The van der Waals surface area contributed by atoms with E-state index in [-0.39, 0.29) is 28.9 Å². The monoisotopic (exact) mass is 349 g/mol. The van der Waals surface area contributed by atoms with Gasteiger partial charge in [0.15, 0.2) is 0 Å². The summed E-state index contributed by atoms with van der Waals surface area (Å²) in [4.78, 5) is 20.7. The van der Waals surface area contributed by atoms with Crippen LogP contribution in [0.5, 0.6) is 0 Å². The van der Waals surface area contributed by atoms with Crippen molar-refractivity contribution < 1.29 is 36.9 Å². The Morgan fingerprint density at radius 2 is 0.857 bits per heavy atom. The molecule has 0 atom stereocenters. The maximum absolute atomic E-state index is 10.4. The quantitative estimate of drug-likeness (QED) is 0.564. The number of rotatable bonds is 10. The van der Waals surface area contributed by atoms with Crippen molar-refractivity contribution in [3.63, 3.8) is 0 Å². The van der Waals surface area contributed by atoms with Crippen molar-refractivity contribution in [2.75, 3.05) is 0 Å². The van der Waals surface area contributed by atoms with Gasteiger partial charge in [0.25, 0.3) is 0 Å². The smallest absolute Gasteiger partial charge is 0.550 e. The van der Waals surface area contributed by atoms with Crippen LogP contribution in [0.25, 0.3) is 0 Å². The molecule has 0 N–H and O–H groups in total. The van der Waals surface area contributed by atoms with Crippen LogP contribution >= 0.6 is 0 Å². The Hall–Kier alpha value is -0.541. The van der Waals surface area contributed by atoms with Crippen LogP contribution in [0.15, 0.2) is 0 Å². The SMILES string of the molecule is CCCC(CCC)C(=O)[O-].CCCC(CCC)C(=O)[O-].[Cu+2]. The maximum atomic E-state index is 10.4. The fourth-order valence-electron chi connectivity index (χ4n) is 2.15. The largest absolute Gasteiger partial charge is 2.00 e. The average molecular weight is 350 g/mol. The number of carboxylic acids is 2. The second kappa shape index (κ2) is 17.5. The minimum Gasteiger partial charge on any atom is -0.550 e. The van der Waals surface area contributed by atoms with Gasteiger partial charge < -0.3 is 19.8 Å². The summed E-state index contributed by atoms with van der Waals surface area (Å²) in [5.74, 6) is -2.20. The van der Waals surface area contributed by atoms with Crippen molar-refractivity contribution in [3.8, 4) is 0 Å². The summed E-state index contributed by atoms with van der Waals surface area (Å²) in [6.45, 7) is 7.97. The molecule has 0 bridgehead atoms. The van der Waals surface area contributed by atoms with E-state index < -0.39 is 11.9 Å². The molecule has 0 fully saturated rings. The first-order valence-corrected chi connectivity index (χ1v) is 7.86. The molecule has 21 heavy (non-hydrogen) atoms. The van der Waals surface area contributed by atoms with Crippen molar-refractivity contribution in [2.24, 2.45) is 11.8 Å². The van der Waals surface area contributed by atoms with Gasteiger partial charge in [-0.1, -0.05) is 53.4 Å². The van der Waals surface area contributed by atoms with E-state index in [0.717, 1.165) is 51.4 Å². The molecule has 0 rings (SSSR count). The second-order valence-electron chi connectivity index (χ2n) is 5.19. The first-order valence-electron chi connectivity index (χ1n) is 7.86. The summed E-state index contributed by atoms with van der Waals surface area (Å²) in [5, 5.41) is 20.7. The number of aliphatic carboxylic acids is 2. The van der Waals surface area contributed by atoms with Crippen LogP contribution < -0.4 is 10.2 Å². The molecule has 0 spiro atoms. The van der Waals surface area contributed by atoms with Gasteiger partial charge in [0.05, 0.1) is 0 Å². The predicted octanol–water partition coefficient (Wildman–Crippen LogP) is 1.90. The van der Waals surface area contributed by atoms with Crippen LogP contribution in [0.2, 0.25) is 0 Å². The Balaban J connectivity index is -0.000000295. The molecule has 0 aliphatic rings.